The van der Waals surface area contributed by atoms with Crippen LogP contribution in [0, 0.1) is 5.82 Å². The van der Waals surface area contributed by atoms with E-state index in [0.717, 1.165) is 6.42 Å². The van der Waals surface area contributed by atoms with Gasteiger partial charge in [-0.25, -0.2) is 4.39 Å². The number of benzene rings is 1. The number of ether oxygens (including phenoxy) is 1. The molecule has 3 nitrogen and oxygen atoms in total. The highest BCUT2D eigenvalue weighted by Crippen LogP contribution is 2.19. The monoisotopic (exact) mass is 351 g/mol. The van der Waals surface area contributed by atoms with Gasteiger partial charge < -0.3 is 10.1 Å². The van der Waals surface area contributed by atoms with E-state index in [1.807, 2.05) is 0 Å². The molecule has 19 heavy (non-hydrogen) atoms. The molecular formula is C13H16BrClFNO2. The van der Waals surface area contributed by atoms with Crippen LogP contribution in [0.15, 0.2) is 18.2 Å². The lowest BCUT2D eigenvalue weighted by atomic mass is 10.1. The van der Waals surface area contributed by atoms with E-state index in [2.05, 4.69) is 21.2 Å². The molecule has 1 atom stereocenters. The van der Waals surface area contributed by atoms with Crippen LogP contribution < -0.4 is 5.32 Å². The highest BCUT2D eigenvalue weighted by Gasteiger charge is 2.12. The van der Waals surface area contributed by atoms with E-state index in [0.29, 0.717) is 13.2 Å². The molecule has 106 valence electrons. The first-order chi connectivity index (χ1) is 9.04. The second-order valence-corrected chi connectivity index (χ2v) is 5.77. The van der Waals surface area contributed by atoms with E-state index >= 15 is 0 Å². The van der Waals surface area contributed by atoms with Crippen molar-refractivity contribution in [3.63, 3.8) is 0 Å². The van der Waals surface area contributed by atoms with Crippen molar-refractivity contribution in [2.75, 3.05) is 20.3 Å². The number of halogens is 3. The van der Waals surface area contributed by atoms with Crippen LogP contribution >= 0.6 is 27.5 Å². The highest BCUT2D eigenvalue weighted by atomic mass is 79.9. The Morgan fingerprint density at radius 3 is 2.95 bits per heavy atom. The molecule has 0 fully saturated rings. The van der Waals surface area contributed by atoms with Gasteiger partial charge in [0.25, 0.3) is 0 Å². The van der Waals surface area contributed by atoms with Crippen LogP contribution in [0.2, 0.25) is 5.02 Å². The summed E-state index contributed by atoms with van der Waals surface area (Å²) in [6.45, 7) is 1.08. The molecule has 0 aliphatic rings. The van der Waals surface area contributed by atoms with E-state index < -0.39 is 5.82 Å². The molecule has 1 rings (SSSR count). The van der Waals surface area contributed by atoms with Crippen molar-refractivity contribution in [1.29, 1.82) is 0 Å². The lowest BCUT2D eigenvalue weighted by molar-refractivity contribution is -0.120. The van der Waals surface area contributed by atoms with Crippen molar-refractivity contribution in [2.45, 2.75) is 17.7 Å². The van der Waals surface area contributed by atoms with Crippen LogP contribution in [-0.4, -0.2) is 31.0 Å². The molecule has 1 aromatic rings. The van der Waals surface area contributed by atoms with E-state index in [1.165, 1.54) is 12.1 Å². The van der Waals surface area contributed by atoms with Crippen molar-refractivity contribution >= 4 is 33.4 Å². The lowest BCUT2D eigenvalue weighted by Gasteiger charge is -2.10. The fourth-order valence-corrected chi connectivity index (χ4v) is 2.28. The van der Waals surface area contributed by atoms with Crippen LogP contribution in [0.4, 0.5) is 4.39 Å². The summed E-state index contributed by atoms with van der Waals surface area (Å²) in [5, 5.41) is 3.00. The third-order valence-corrected chi connectivity index (χ3v) is 3.60. The minimum Gasteiger partial charge on any atom is -0.384 e. The van der Waals surface area contributed by atoms with E-state index in [-0.39, 0.29) is 27.7 Å². The van der Waals surface area contributed by atoms with Gasteiger partial charge in [0.05, 0.1) is 13.0 Å². The van der Waals surface area contributed by atoms with Gasteiger partial charge in [0, 0.05) is 29.1 Å². The standard InChI is InChI=1S/C13H16BrClFNO2/c1-19-8-9(14)5-6-17-13(18)7-10-11(15)3-2-4-12(10)16/h2-4,9H,5-8H2,1H3,(H,17,18). The van der Waals surface area contributed by atoms with Gasteiger partial charge in [0.15, 0.2) is 0 Å². The number of hydrogen-bond acceptors (Lipinski definition) is 2. The number of amides is 1. The summed E-state index contributed by atoms with van der Waals surface area (Å²) in [6.07, 6.45) is 0.688. The molecule has 0 aliphatic carbocycles. The molecule has 1 amide bonds. The average Bonchev–Trinajstić information content (AvgIpc) is 2.34. The molecule has 6 heteroatoms. The van der Waals surface area contributed by atoms with Crippen molar-refractivity contribution in [3.05, 3.63) is 34.6 Å². The Morgan fingerprint density at radius 1 is 1.58 bits per heavy atom. The minimum atomic E-state index is -0.458. The zero-order valence-corrected chi connectivity index (χ0v) is 12.9. The fourth-order valence-electron chi connectivity index (χ4n) is 1.56. The predicted octanol–water partition coefficient (Wildman–Crippen LogP) is 2.94. The molecule has 0 saturated carbocycles. The van der Waals surface area contributed by atoms with Crippen molar-refractivity contribution in [2.24, 2.45) is 0 Å². The molecule has 0 spiro atoms. The van der Waals surface area contributed by atoms with Gasteiger partial charge in [-0.2, -0.15) is 0 Å². The maximum absolute atomic E-state index is 13.5. The number of carbonyl (C=O) groups excluding carboxylic acids is 1. The Bertz CT molecular complexity index is 411. The van der Waals surface area contributed by atoms with Crippen molar-refractivity contribution in [3.8, 4) is 0 Å². The Kier molecular flexibility index (Phi) is 7.34. The largest absolute Gasteiger partial charge is 0.384 e. The second-order valence-electron chi connectivity index (χ2n) is 4.07. The first-order valence-electron chi connectivity index (χ1n) is 5.87. The maximum atomic E-state index is 13.5. The zero-order chi connectivity index (χ0) is 14.3. The Morgan fingerprint density at radius 2 is 2.32 bits per heavy atom. The number of methoxy groups -OCH3 is 1. The lowest BCUT2D eigenvalue weighted by Crippen LogP contribution is -2.28. The van der Waals surface area contributed by atoms with Gasteiger partial charge in [-0.3, -0.25) is 4.79 Å². The maximum Gasteiger partial charge on any atom is 0.224 e. The summed E-state index contributed by atoms with van der Waals surface area (Å²) in [5.74, 6) is -0.704. The summed E-state index contributed by atoms with van der Waals surface area (Å²) in [4.78, 5) is 11.9. The normalized spacial score (nSPS) is 12.2. The first-order valence-corrected chi connectivity index (χ1v) is 7.16. The van der Waals surface area contributed by atoms with E-state index in [9.17, 15) is 9.18 Å². The van der Waals surface area contributed by atoms with Crippen LogP contribution in [-0.2, 0) is 16.0 Å². The smallest absolute Gasteiger partial charge is 0.224 e. The Labute approximate surface area is 125 Å². The van der Waals surface area contributed by atoms with Crippen LogP contribution in [0.5, 0.6) is 0 Å². The van der Waals surface area contributed by atoms with Crippen LogP contribution in [0.3, 0.4) is 0 Å². The Hall–Kier alpha value is -0.650. The third kappa shape index (κ3) is 5.89. The molecule has 1 N–H and O–H groups in total. The summed E-state index contributed by atoms with van der Waals surface area (Å²) in [5.41, 5.74) is 0.231. The van der Waals surface area contributed by atoms with Crippen LogP contribution in [0.25, 0.3) is 0 Å². The van der Waals surface area contributed by atoms with Gasteiger partial charge in [-0.1, -0.05) is 33.6 Å². The summed E-state index contributed by atoms with van der Waals surface area (Å²) in [6, 6.07) is 4.38. The molecule has 0 heterocycles. The number of hydrogen-bond donors (Lipinski definition) is 1. The highest BCUT2D eigenvalue weighted by molar-refractivity contribution is 9.09. The van der Waals surface area contributed by atoms with Gasteiger partial charge in [0.2, 0.25) is 5.91 Å². The van der Waals surface area contributed by atoms with E-state index in [4.69, 9.17) is 16.3 Å². The van der Waals surface area contributed by atoms with Crippen LogP contribution in [0.1, 0.15) is 12.0 Å². The molecule has 0 bridgehead atoms. The van der Waals surface area contributed by atoms with E-state index in [1.54, 1.807) is 13.2 Å². The zero-order valence-electron chi connectivity index (χ0n) is 10.6. The molecular weight excluding hydrogens is 337 g/mol. The minimum absolute atomic E-state index is 0.0528. The van der Waals surface area contributed by atoms with Gasteiger partial charge in [-0.15, -0.1) is 0 Å². The predicted molar refractivity (Wildman–Crippen MR) is 77.3 cm³/mol. The second kappa shape index (κ2) is 8.51. The molecule has 1 aromatic carbocycles. The molecule has 0 radical (unpaired) electrons. The van der Waals surface area contributed by atoms with Gasteiger partial charge in [-0.05, 0) is 18.6 Å². The quantitative estimate of drug-likeness (QED) is 0.766. The molecule has 0 aromatic heterocycles. The SMILES string of the molecule is COCC(Br)CCNC(=O)Cc1c(F)cccc1Cl. The Balaban J connectivity index is 2.39. The topological polar surface area (TPSA) is 38.3 Å². The first kappa shape index (κ1) is 16.4. The number of nitrogens with one attached hydrogen (secondary N) is 1. The molecule has 0 saturated heterocycles. The fraction of sp³-hybridized carbons (Fsp3) is 0.462. The summed E-state index contributed by atoms with van der Waals surface area (Å²) >= 11 is 9.28. The number of carbonyl (C=O) groups is 1. The van der Waals surface area contributed by atoms with Crippen molar-refractivity contribution < 1.29 is 13.9 Å². The number of rotatable bonds is 7. The summed E-state index contributed by atoms with van der Waals surface area (Å²) < 4.78 is 18.4. The molecule has 0 aliphatic heterocycles. The number of alkyl halides is 1. The summed E-state index contributed by atoms with van der Waals surface area (Å²) in [7, 11) is 1.62. The van der Waals surface area contributed by atoms with Gasteiger partial charge in [0.1, 0.15) is 5.82 Å². The molecule has 1 unspecified atom stereocenters. The van der Waals surface area contributed by atoms with Gasteiger partial charge >= 0.3 is 0 Å². The van der Waals surface area contributed by atoms with Crippen molar-refractivity contribution in [1.82, 2.24) is 5.32 Å². The average molecular weight is 353 g/mol. The third-order valence-electron chi connectivity index (χ3n) is 2.53.